The molecule has 1 aromatic carbocycles. The molecule has 2 heterocycles. The summed E-state index contributed by atoms with van der Waals surface area (Å²) in [6.07, 6.45) is -1.30. The van der Waals surface area contributed by atoms with Crippen LogP contribution in [-0.2, 0) is 6.54 Å². The average Bonchev–Trinajstić information content (AvgIpc) is 2.91. The number of benzene rings is 1. The highest BCUT2D eigenvalue weighted by molar-refractivity contribution is 6.06. The summed E-state index contributed by atoms with van der Waals surface area (Å²) in [7, 11) is 2.04. The van der Waals surface area contributed by atoms with Gasteiger partial charge in [-0.05, 0) is 45.1 Å². The molecular formula is C16H19F3N4O. The molecule has 1 aromatic heterocycles. The van der Waals surface area contributed by atoms with Crippen molar-refractivity contribution in [1.82, 2.24) is 20.0 Å². The first-order chi connectivity index (χ1) is 11.3. The van der Waals surface area contributed by atoms with Crippen molar-refractivity contribution in [3.8, 4) is 0 Å². The van der Waals surface area contributed by atoms with Crippen molar-refractivity contribution >= 4 is 16.8 Å². The van der Waals surface area contributed by atoms with Gasteiger partial charge < -0.3 is 10.2 Å². The molecule has 2 aromatic rings. The van der Waals surface area contributed by atoms with E-state index in [4.69, 9.17) is 0 Å². The summed E-state index contributed by atoms with van der Waals surface area (Å²) in [6.45, 7) is 0.661. The van der Waals surface area contributed by atoms with Crippen molar-refractivity contribution in [2.24, 2.45) is 0 Å². The van der Waals surface area contributed by atoms with Gasteiger partial charge in [0.15, 0.2) is 0 Å². The van der Waals surface area contributed by atoms with Gasteiger partial charge in [-0.1, -0.05) is 6.07 Å². The lowest BCUT2D eigenvalue weighted by atomic mass is 10.0. The number of fused-ring (bicyclic) bond motifs is 1. The van der Waals surface area contributed by atoms with E-state index in [2.05, 4.69) is 15.3 Å². The van der Waals surface area contributed by atoms with Crippen molar-refractivity contribution < 1.29 is 18.0 Å². The van der Waals surface area contributed by atoms with E-state index < -0.39 is 12.7 Å². The van der Waals surface area contributed by atoms with Gasteiger partial charge in [-0.2, -0.15) is 18.3 Å². The van der Waals surface area contributed by atoms with E-state index in [0.717, 1.165) is 30.6 Å². The lowest BCUT2D eigenvalue weighted by molar-refractivity contribution is -0.141. The van der Waals surface area contributed by atoms with Crippen LogP contribution in [-0.4, -0.2) is 52.9 Å². The Labute approximate surface area is 137 Å². The average molecular weight is 340 g/mol. The number of amides is 1. The largest absolute Gasteiger partial charge is 0.408 e. The molecule has 8 heteroatoms. The van der Waals surface area contributed by atoms with Crippen LogP contribution in [0.15, 0.2) is 24.4 Å². The summed E-state index contributed by atoms with van der Waals surface area (Å²) in [4.78, 5) is 14.7. The maximum Gasteiger partial charge on any atom is 0.408 e. The van der Waals surface area contributed by atoms with Crippen LogP contribution in [0.2, 0.25) is 0 Å². The number of likely N-dealkylation sites (tertiary alicyclic amines) is 1. The predicted octanol–water partition coefficient (Wildman–Crippen LogP) is 2.42. The zero-order chi connectivity index (χ0) is 17.3. The molecule has 1 fully saturated rings. The van der Waals surface area contributed by atoms with Crippen molar-refractivity contribution in [3.05, 3.63) is 30.0 Å². The molecule has 130 valence electrons. The summed E-state index contributed by atoms with van der Waals surface area (Å²) in [5, 5.41) is 7.21. The van der Waals surface area contributed by atoms with Gasteiger partial charge in [0, 0.05) is 11.4 Å². The van der Waals surface area contributed by atoms with Gasteiger partial charge in [0.1, 0.15) is 6.54 Å². The molecule has 0 saturated carbocycles. The van der Waals surface area contributed by atoms with Crippen LogP contribution in [0.3, 0.4) is 0 Å². The zero-order valence-electron chi connectivity index (χ0n) is 13.3. The number of piperidine rings is 1. The summed E-state index contributed by atoms with van der Waals surface area (Å²) in [6, 6.07) is 4.83. The minimum atomic E-state index is -4.36. The van der Waals surface area contributed by atoms with Gasteiger partial charge >= 0.3 is 6.18 Å². The number of halogens is 3. The second-order valence-corrected chi connectivity index (χ2v) is 6.21. The molecule has 5 nitrogen and oxygen atoms in total. The van der Waals surface area contributed by atoms with E-state index in [1.165, 1.54) is 6.20 Å². The summed E-state index contributed by atoms with van der Waals surface area (Å²) in [5.41, 5.74) is 0.670. The summed E-state index contributed by atoms with van der Waals surface area (Å²) in [5.74, 6) is -0.262. The highest BCUT2D eigenvalue weighted by Gasteiger charge is 2.29. The molecular weight excluding hydrogens is 321 g/mol. The van der Waals surface area contributed by atoms with Crippen molar-refractivity contribution in [2.75, 3.05) is 20.1 Å². The Kier molecular flexibility index (Phi) is 4.49. The van der Waals surface area contributed by atoms with E-state index >= 15 is 0 Å². The number of hydrogen-bond donors (Lipinski definition) is 1. The predicted molar refractivity (Wildman–Crippen MR) is 83.8 cm³/mol. The van der Waals surface area contributed by atoms with E-state index in [1.54, 1.807) is 18.2 Å². The SMILES string of the molecule is CN1CCC(NC(=O)c2cccc3c2cnn3CC(F)(F)F)CC1. The first-order valence-corrected chi connectivity index (χ1v) is 7.84. The fourth-order valence-electron chi connectivity index (χ4n) is 3.01. The minimum absolute atomic E-state index is 0.0918. The Morgan fingerprint density at radius 2 is 2.04 bits per heavy atom. The number of alkyl halides is 3. The number of aromatic nitrogens is 2. The standard InChI is InChI=1S/C16H19F3N4O/c1-22-7-5-11(6-8-22)21-15(24)12-3-2-4-14-13(12)9-20-23(14)10-16(17,18)19/h2-4,9,11H,5-8,10H2,1H3,(H,21,24). The van der Waals surface area contributed by atoms with Crippen LogP contribution >= 0.6 is 0 Å². The summed E-state index contributed by atoms with van der Waals surface area (Å²) < 4.78 is 38.7. The van der Waals surface area contributed by atoms with Gasteiger partial charge in [0.2, 0.25) is 0 Å². The molecule has 1 N–H and O–H groups in total. The highest BCUT2D eigenvalue weighted by Crippen LogP contribution is 2.23. The first-order valence-electron chi connectivity index (χ1n) is 7.84. The number of nitrogens with zero attached hydrogens (tertiary/aromatic N) is 3. The molecule has 1 saturated heterocycles. The lowest BCUT2D eigenvalue weighted by Gasteiger charge is -2.29. The number of hydrogen-bond acceptors (Lipinski definition) is 3. The molecule has 1 aliphatic heterocycles. The molecule has 0 spiro atoms. The Bertz CT molecular complexity index is 732. The second-order valence-electron chi connectivity index (χ2n) is 6.21. The molecule has 24 heavy (non-hydrogen) atoms. The summed E-state index contributed by atoms with van der Waals surface area (Å²) >= 11 is 0. The van der Waals surface area contributed by atoms with Gasteiger partial charge in [0.05, 0.1) is 17.3 Å². The van der Waals surface area contributed by atoms with Gasteiger partial charge in [-0.25, -0.2) is 0 Å². The van der Waals surface area contributed by atoms with Gasteiger partial charge in [0.25, 0.3) is 5.91 Å². The van der Waals surface area contributed by atoms with Crippen LogP contribution in [0.25, 0.3) is 10.9 Å². The number of nitrogens with one attached hydrogen (secondary N) is 1. The third-order valence-corrected chi connectivity index (χ3v) is 4.31. The highest BCUT2D eigenvalue weighted by atomic mass is 19.4. The molecule has 0 unspecified atom stereocenters. The Balaban J connectivity index is 1.80. The molecule has 0 aliphatic carbocycles. The molecule has 3 rings (SSSR count). The Hall–Kier alpha value is -2.09. The second kappa shape index (κ2) is 6.43. The number of rotatable bonds is 3. The maximum atomic E-state index is 12.6. The fourth-order valence-corrected chi connectivity index (χ4v) is 3.01. The zero-order valence-corrected chi connectivity index (χ0v) is 13.3. The minimum Gasteiger partial charge on any atom is -0.349 e. The van der Waals surface area contributed by atoms with Crippen LogP contribution in [0.4, 0.5) is 13.2 Å². The molecule has 1 amide bonds. The Morgan fingerprint density at radius 3 is 2.71 bits per heavy atom. The van der Waals surface area contributed by atoms with E-state index in [1.807, 2.05) is 7.05 Å². The van der Waals surface area contributed by atoms with Crippen LogP contribution in [0.1, 0.15) is 23.2 Å². The van der Waals surface area contributed by atoms with Crippen molar-refractivity contribution in [1.29, 1.82) is 0 Å². The third-order valence-electron chi connectivity index (χ3n) is 4.31. The third kappa shape index (κ3) is 3.69. The number of carbonyl (C=O) groups is 1. The quantitative estimate of drug-likeness (QED) is 0.934. The van der Waals surface area contributed by atoms with Gasteiger partial charge in [-0.15, -0.1) is 0 Å². The van der Waals surface area contributed by atoms with Crippen molar-refractivity contribution in [2.45, 2.75) is 31.6 Å². The van der Waals surface area contributed by atoms with Crippen LogP contribution < -0.4 is 5.32 Å². The van der Waals surface area contributed by atoms with Gasteiger partial charge in [-0.3, -0.25) is 9.48 Å². The smallest absolute Gasteiger partial charge is 0.349 e. The lowest BCUT2D eigenvalue weighted by Crippen LogP contribution is -2.43. The van der Waals surface area contributed by atoms with E-state index in [0.29, 0.717) is 16.5 Å². The maximum absolute atomic E-state index is 12.6. The first kappa shape index (κ1) is 16.8. The van der Waals surface area contributed by atoms with Crippen molar-refractivity contribution in [3.63, 3.8) is 0 Å². The Morgan fingerprint density at radius 1 is 1.33 bits per heavy atom. The molecule has 0 radical (unpaired) electrons. The van der Waals surface area contributed by atoms with Crippen LogP contribution in [0, 0.1) is 0 Å². The normalized spacial score (nSPS) is 17.3. The topological polar surface area (TPSA) is 50.2 Å². The fraction of sp³-hybridized carbons (Fsp3) is 0.500. The monoisotopic (exact) mass is 340 g/mol. The molecule has 1 aliphatic rings. The number of carbonyl (C=O) groups excluding carboxylic acids is 1. The van der Waals surface area contributed by atoms with E-state index in [-0.39, 0.29) is 11.9 Å². The van der Waals surface area contributed by atoms with E-state index in [9.17, 15) is 18.0 Å². The molecule has 0 bridgehead atoms. The molecule has 0 atom stereocenters. The van der Waals surface area contributed by atoms with Crippen LogP contribution in [0.5, 0.6) is 0 Å².